The summed E-state index contributed by atoms with van der Waals surface area (Å²) in [6, 6.07) is 2.70. The van der Waals surface area contributed by atoms with E-state index in [9.17, 15) is 22.4 Å². The number of carbonyl (C=O) groups is 1. The highest BCUT2D eigenvalue weighted by Crippen LogP contribution is 2.32. The predicted molar refractivity (Wildman–Crippen MR) is 107 cm³/mol. The lowest BCUT2D eigenvalue weighted by atomic mass is 10.0. The predicted octanol–water partition coefficient (Wildman–Crippen LogP) is 8.09. The maximum atomic E-state index is 14.2. The lowest BCUT2D eigenvalue weighted by Crippen LogP contribution is -2.20. The Kier molecular flexibility index (Phi) is 11.9. The van der Waals surface area contributed by atoms with Crippen LogP contribution in [0, 0.1) is 5.82 Å². The van der Waals surface area contributed by atoms with Gasteiger partial charge >= 0.3 is 12.1 Å². The zero-order valence-electron chi connectivity index (χ0n) is 17.6. The Labute approximate surface area is 172 Å². The Hall–Kier alpha value is -1.59. The zero-order chi connectivity index (χ0) is 21.7. The van der Waals surface area contributed by atoms with Crippen molar-refractivity contribution in [3.8, 4) is 0 Å². The molecule has 0 spiro atoms. The molecule has 0 N–H and O–H groups in total. The van der Waals surface area contributed by atoms with Crippen LogP contribution >= 0.6 is 0 Å². The van der Waals surface area contributed by atoms with Gasteiger partial charge in [0.2, 0.25) is 0 Å². The van der Waals surface area contributed by atoms with E-state index < -0.39 is 35.2 Å². The molecule has 0 aromatic heterocycles. The minimum absolute atomic E-state index is 0.392. The lowest BCUT2D eigenvalue weighted by Gasteiger charge is -2.18. The summed E-state index contributed by atoms with van der Waals surface area (Å²) in [5.41, 5.74) is -2.10. The van der Waals surface area contributed by atoms with Gasteiger partial charge in [-0.1, -0.05) is 77.7 Å². The Morgan fingerprint density at radius 1 is 0.897 bits per heavy atom. The summed E-state index contributed by atoms with van der Waals surface area (Å²) in [4.78, 5) is 12.3. The first-order valence-corrected chi connectivity index (χ1v) is 10.9. The van der Waals surface area contributed by atoms with Crippen molar-refractivity contribution in [3.05, 3.63) is 35.1 Å². The first-order chi connectivity index (χ1) is 13.8. The molecular weight excluding hydrogens is 384 g/mol. The highest BCUT2D eigenvalue weighted by atomic mass is 19.4. The number of hydrogen-bond donors (Lipinski definition) is 0. The van der Waals surface area contributed by atoms with E-state index in [-0.39, 0.29) is 0 Å². The van der Waals surface area contributed by atoms with Crippen LogP contribution in [-0.4, -0.2) is 12.1 Å². The average molecular weight is 419 g/mol. The van der Waals surface area contributed by atoms with E-state index in [0.29, 0.717) is 18.9 Å². The highest BCUT2D eigenvalue weighted by Gasteiger charge is 2.36. The number of esters is 1. The van der Waals surface area contributed by atoms with E-state index in [4.69, 9.17) is 4.74 Å². The molecule has 166 valence electrons. The number of halogens is 4. The molecule has 0 aliphatic rings. The molecule has 1 aromatic rings. The minimum atomic E-state index is -4.85. The van der Waals surface area contributed by atoms with Gasteiger partial charge in [-0.3, -0.25) is 0 Å². The molecular formula is C23H34F4O2. The van der Waals surface area contributed by atoms with Crippen LogP contribution in [0.2, 0.25) is 0 Å². The molecule has 1 atom stereocenters. The van der Waals surface area contributed by atoms with E-state index >= 15 is 0 Å². The molecule has 2 nitrogen and oxygen atoms in total. The maximum absolute atomic E-state index is 14.2. The summed E-state index contributed by atoms with van der Waals surface area (Å²) in [6.07, 6.45) is 7.03. The monoisotopic (exact) mass is 418 g/mol. The molecule has 29 heavy (non-hydrogen) atoms. The van der Waals surface area contributed by atoms with Gasteiger partial charge in [0, 0.05) is 0 Å². The Morgan fingerprint density at radius 2 is 1.45 bits per heavy atom. The van der Waals surface area contributed by atoms with E-state index in [2.05, 4.69) is 6.92 Å². The number of benzene rings is 1. The number of rotatable bonds is 14. The average Bonchev–Trinajstić information content (AvgIpc) is 2.67. The van der Waals surface area contributed by atoms with Crippen LogP contribution in [0.5, 0.6) is 0 Å². The lowest BCUT2D eigenvalue weighted by molar-refractivity contribution is -0.140. The van der Waals surface area contributed by atoms with Gasteiger partial charge in [0.25, 0.3) is 0 Å². The quantitative estimate of drug-likeness (QED) is 0.173. The van der Waals surface area contributed by atoms with E-state index in [1.54, 1.807) is 0 Å². The SMILES string of the molecule is CCCCCCCCCCC(CCCC)OC(=O)c1cccc(C(F)(F)F)c1F. The van der Waals surface area contributed by atoms with Crippen molar-refractivity contribution >= 4 is 5.97 Å². The Balaban J connectivity index is 2.58. The van der Waals surface area contributed by atoms with E-state index in [1.807, 2.05) is 6.92 Å². The smallest absolute Gasteiger partial charge is 0.419 e. The zero-order valence-corrected chi connectivity index (χ0v) is 17.6. The van der Waals surface area contributed by atoms with Crippen LogP contribution in [0.25, 0.3) is 0 Å². The second kappa shape index (κ2) is 13.6. The van der Waals surface area contributed by atoms with Gasteiger partial charge in [-0.2, -0.15) is 13.2 Å². The summed E-state index contributed by atoms with van der Waals surface area (Å²) >= 11 is 0. The largest absolute Gasteiger partial charge is 0.459 e. The number of carbonyl (C=O) groups excluding carboxylic acids is 1. The Morgan fingerprint density at radius 3 is 2.03 bits per heavy atom. The van der Waals surface area contributed by atoms with Gasteiger partial charge in [0.1, 0.15) is 11.9 Å². The van der Waals surface area contributed by atoms with Gasteiger partial charge in [-0.25, -0.2) is 9.18 Å². The van der Waals surface area contributed by atoms with Gasteiger partial charge in [-0.05, 0) is 31.4 Å². The van der Waals surface area contributed by atoms with Crippen LogP contribution in [0.4, 0.5) is 17.6 Å². The summed E-state index contributed by atoms with van der Waals surface area (Å²) in [5.74, 6) is -2.58. The first kappa shape index (κ1) is 25.4. The van der Waals surface area contributed by atoms with Crippen LogP contribution < -0.4 is 0 Å². The molecule has 1 aromatic carbocycles. The van der Waals surface area contributed by atoms with Gasteiger partial charge in [-0.15, -0.1) is 0 Å². The molecule has 1 rings (SSSR count). The number of hydrogen-bond acceptors (Lipinski definition) is 2. The van der Waals surface area contributed by atoms with Crippen molar-refractivity contribution in [2.75, 3.05) is 0 Å². The fourth-order valence-electron chi connectivity index (χ4n) is 3.32. The molecule has 0 saturated heterocycles. The molecule has 0 bridgehead atoms. The fraction of sp³-hybridized carbons (Fsp3) is 0.696. The van der Waals surface area contributed by atoms with Crippen molar-refractivity contribution in [2.24, 2.45) is 0 Å². The van der Waals surface area contributed by atoms with E-state index in [0.717, 1.165) is 44.2 Å². The minimum Gasteiger partial charge on any atom is -0.459 e. The van der Waals surface area contributed by atoms with Crippen LogP contribution in [0.1, 0.15) is 107 Å². The van der Waals surface area contributed by atoms with Gasteiger partial charge in [0.15, 0.2) is 0 Å². The van der Waals surface area contributed by atoms with Crippen molar-refractivity contribution < 1.29 is 27.1 Å². The number of alkyl halides is 3. The summed E-state index contributed by atoms with van der Waals surface area (Å²) in [5, 5.41) is 0. The molecule has 0 amide bonds. The fourth-order valence-corrected chi connectivity index (χ4v) is 3.32. The molecule has 0 aliphatic heterocycles. The molecule has 6 heteroatoms. The van der Waals surface area contributed by atoms with Gasteiger partial charge in [0.05, 0.1) is 11.1 Å². The maximum Gasteiger partial charge on any atom is 0.419 e. The number of ether oxygens (including phenoxy) is 1. The Bertz CT molecular complexity index is 599. The summed E-state index contributed by atoms with van der Waals surface area (Å²) in [6.45, 7) is 4.20. The summed E-state index contributed by atoms with van der Waals surface area (Å²) < 4.78 is 58.2. The first-order valence-electron chi connectivity index (χ1n) is 10.9. The molecule has 0 fully saturated rings. The molecule has 0 saturated carbocycles. The van der Waals surface area contributed by atoms with Crippen LogP contribution in [-0.2, 0) is 10.9 Å². The molecule has 0 heterocycles. The molecule has 0 radical (unpaired) electrons. The van der Waals surface area contributed by atoms with E-state index in [1.165, 1.54) is 32.1 Å². The third kappa shape index (κ3) is 9.64. The number of unbranched alkanes of at least 4 members (excludes halogenated alkanes) is 8. The standard InChI is InChI=1S/C23H34F4O2/c1-3-5-7-8-9-10-11-12-15-18(14-6-4-2)29-22(28)19-16-13-17-20(21(19)24)23(25,26)27/h13,16-18H,3-12,14-15H2,1-2H3. The third-order valence-corrected chi connectivity index (χ3v) is 5.06. The van der Waals surface area contributed by atoms with Crippen LogP contribution in [0.3, 0.4) is 0 Å². The van der Waals surface area contributed by atoms with Crippen molar-refractivity contribution in [1.82, 2.24) is 0 Å². The normalized spacial score (nSPS) is 12.8. The van der Waals surface area contributed by atoms with Crippen molar-refractivity contribution in [3.63, 3.8) is 0 Å². The third-order valence-electron chi connectivity index (χ3n) is 5.06. The van der Waals surface area contributed by atoms with Crippen molar-refractivity contribution in [2.45, 2.75) is 103 Å². The van der Waals surface area contributed by atoms with Gasteiger partial charge < -0.3 is 4.74 Å². The summed E-state index contributed by atoms with van der Waals surface area (Å²) in [7, 11) is 0. The molecule has 1 unspecified atom stereocenters. The van der Waals surface area contributed by atoms with Crippen molar-refractivity contribution in [1.29, 1.82) is 0 Å². The molecule has 0 aliphatic carbocycles. The topological polar surface area (TPSA) is 26.3 Å². The highest BCUT2D eigenvalue weighted by molar-refractivity contribution is 5.90. The van der Waals surface area contributed by atoms with Crippen LogP contribution in [0.15, 0.2) is 18.2 Å². The second-order valence-electron chi connectivity index (χ2n) is 7.60. The second-order valence-corrected chi connectivity index (χ2v) is 7.60.